The van der Waals surface area contributed by atoms with Crippen LogP contribution in [0.2, 0.25) is 0 Å². The second-order valence-electron chi connectivity index (χ2n) is 7.23. The van der Waals surface area contributed by atoms with Gasteiger partial charge in [0.1, 0.15) is 6.10 Å². The third-order valence-corrected chi connectivity index (χ3v) is 5.14. The topological polar surface area (TPSA) is 56.2 Å². The van der Waals surface area contributed by atoms with E-state index in [4.69, 9.17) is 9.73 Å². The summed E-state index contributed by atoms with van der Waals surface area (Å²) in [4.78, 5) is 16.3. The van der Waals surface area contributed by atoms with E-state index in [0.717, 1.165) is 58.2 Å². The highest BCUT2D eigenvalue weighted by molar-refractivity contribution is 14.0. The molecule has 2 fully saturated rings. The van der Waals surface area contributed by atoms with E-state index < -0.39 is 0 Å². The van der Waals surface area contributed by atoms with E-state index in [9.17, 15) is 0 Å². The molecular formula is C19H33IN6O. The third-order valence-electron chi connectivity index (χ3n) is 5.14. The van der Waals surface area contributed by atoms with Gasteiger partial charge in [0.2, 0.25) is 5.88 Å². The average Bonchev–Trinajstić information content (AvgIpc) is 3.10. The van der Waals surface area contributed by atoms with Gasteiger partial charge in [0.05, 0.1) is 13.1 Å². The number of aromatic nitrogens is 1. The Kier molecular flexibility index (Phi) is 9.04. The predicted octanol–water partition coefficient (Wildman–Crippen LogP) is 1.36. The van der Waals surface area contributed by atoms with Gasteiger partial charge in [0, 0.05) is 57.4 Å². The highest BCUT2D eigenvalue weighted by Gasteiger charge is 2.27. The number of piperazine rings is 1. The van der Waals surface area contributed by atoms with Crippen LogP contribution in [0.3, 0.4) is 0 Å². The molecule has 0 saturated carbocycles. The summed E-state index contributed by atoms with van der Waals surface area (Å²) in [5, 5.41) is 3.45. The van der Waals surface area contributed by atoms with Gasteiger partial charge in [-0.3, -0.25) is 9.89 Å². The van der Waals surface area contributed by atoms with Crippen LogP contribution in [0.15, 0.2) is 29.4 Å². The number of likely N-dealkylation sites (N-methyl/N-ethyl adjacent to an activating group) is 2. The molecule has 0 aromatic carbocycles. The lowest BCUT2D eigenvalue weighted by Crippen LogP contribution is -2.51. The molecule has 2 atom stereocenters. The molecule has 0 radical (unpaired) electrons. The SMILES string of the molecule is CCNC(=NCC1CN(C)CCN1C)N1CCC(Oc2ccccn2)C1.I. The van der Waals surface area contributed by atoms with E-state index in [2.05, 4.69) is 46.0 Å². The zero-order valence-electron chi connectivity index (χ0n) is 16.7. The fourth-order valence-corrected chi connectivity index (χ4v) is 3.52. The molecule has 2 aliphatic rings. The van der Waals surface area contributed by atoms with Gasteiger partial charge in [-0.15, -0.1) is 24.0 Å². The maximum atomic E-state index is 6.01. The summed E-state index contributed by atoms with van der Waals surface area (Å²) in [6, 6.07) is 6.25. The zero-order chi connectivity index (χ0) is 18.4. The number of halogens is 1. The van der Waals surface area contributed by atoms with Crippen molar-refractivity contribution >= 4 is 29.9 Å². The van der Waals surface area contributed by atoms with E-state index in [1.54, 1.807) is 6.20 Å². The lowest BCUT2D eigenvalue weighted by atomic mass is 10.2. The van der Waals surface area contributed by atoms with Crippen molar-refractivity contribution in [2.24, 2.45) is 4.99 Å². The molecule has 0 aliphatic carbocycles. The summed E-state index contributed by atoms with van der Waals surface area (Å²) < 4.78 is 6.01. The van der Waals surface area contributed by atoms with E-state index in [-0.39, 0.29) is 30.1 Å². The normalized spacial score (nSPS) is 24.6. The number of likely N-dealkylation sites (tertiary alicyclic amines) is 1. The first-order chi connectivity index (χ1) is 12.7. The Balaban J connectivity index is 0.00000261. The molecule has 1 aromatic heterocycles. The van der Waals surface area contributed by atoms with Crippen molar-refractivity contribution in [3.63, 3.8) is 0 Å². The number of rotatable bonds is 5. The van der Waals surface area contributed by atoms with Crippen molar-refractivity contribution in [3.8, 4) is 5.88 Å². The minimum absolute atomic E-state index is 0. The van der Waals surface area contributed by atoms with Crippen LogP contribution < -0.4 is 10.1 Å². The van der Waals surface area contributed by atoms with Crippen LogP contribution in [0.25, 0.3) is 0 Å². The zero-order valence-corrected chi connectivity index (χ0v) is 19.0. The smallest absolute Gasteiger partial charge is 0.213 e. The molecule has 3 rings (SSSR count). The lowest BCUT2D eigenvalue weighted by Gasteiger charge is -2.37. The molecule has 2 saturated heterocycles. The summed E-state index contributed by atoms with van der Waals surface area (Å²) in [5.74, 6) is 1.70. The van der Waals surface area contributed by atoms with Gasteiger partial charge in [0.25, 0.3) is 0 Å². The van der Waals surface area contributed by atoms with Crippen LogP contribution in [0, 0.1) is 0 Å². The van der Waals surface area contributed by atoms with E-state index in [1.165, 1.54) is 0 Å². The monoisotopic (exact) mass is 488 g/mol. The highest BCUT2D eigenvalue weighted by atomic mass is 127. The van der Waals surface area contributed by atoms with E-state index in [1.807, 2.05) is 18.2 Å². The first-order valence-electron chi connectivity index (χ1n) is 9.65. The Morgan fingerprint density at radius 3 is 2.85 bits per heavy atom. The molecule has 1 aromatic rings. The quantitative estimate of drug-likeness (QED) is 0.384. The van der Waals surface area contributed by atoms with Crippen molar-refractivity contribution < 1.29 is 4.74 Å². The molecular weight excluding hydrogens is 455 g/mol. The number of hydrogen-bond acceptors (Lipinski definition) is 5. The van der Waals surface area contributed by atoms with Gasteiger partial charge < -0.3 is 19.9 Å². The third kappa shape index (κ3) is 6.46. The fourth-order valence-electron chi connectivity index (χ4n) is 3.52. The average molecular weight is 488 g/mol. The summed E-state index contributed by atoms with van der Waals surface area (Å²) >= 11 is 0. The molecule has 1 N–H and O–H groups in total. The second-order valence-corrected chi connectivity index (χ2v) is 7.23. The molecule has 7 nitrogen and oxygen atoms in total. The van der Waals surface area contributed by atoms with Crippen LogP contribution in [0.4, 0.5) is 0 Å². The highest BCUT2D eigenvalue weighted by Crippen LogP contribution is 2.16. The number of aliphatic imine (C=N–C) groups is 1. The van der Waals surface area contributed by atoms with Crippen molar-refractivity contribution in [3.05, 3.63) is 24.4 Å². The molecule has 27 heavy (non-hydrogen) atoms. The van der Waals surface area contributed by atoms with Gasteiger partial charge in [-0.05, 0) is 27.1 Å². The number of nitrogens with zero attached hydrogens (tertiary/aromatic N) is 5. The molecule has 0 bridgehead atoms. The minimum atomic E-state index is 0. The van der Waals surface area contributed by atoms with Gasteiger partial charge in [-0.25, -0.2) is 4.98 Å². The largest absolute Gasteiger partial charge is 0.472 e. The van der Waals surface area contributed by atoms with Crippen molar-refractivity contribution in [2.45, 2.75) is 25.5 Å². The van der Waals surface area contributed by atoms with Crippen LogP contribution in [0.5, 0.6) is 5.88 Å². The predicted molar refractivity (Wildman–Crippen MR) is 120 cm³/mol. The van der Waals surface area contributed by atoms with E-state index >= 15 is 0 Å². The Bertz CT molecular complexity index is 587. The number of ether oxygens (including phenoxy) is 1. The van der Waals surface area contributed by atoms with Crippen LogP contribution in [-0.4, -0.2) is 97.7 Å². The Morgan fingerprint density at radius 2 is 2.11 bits per heavy atom. The summed E-state index contributed by atoms with van der Waals surface area (Å²) in [7, 11) is 4.39. The van der Waals surface area contributed by atoms with Gasteiger partial charge in [-0.2, -0.15) is 0 Å². The first kappa shape index (κ1) is 22.2. The fraction of sp³-hybridized carbons (Fsp3) is 0.684. The van der Waals surface area contributed by atoms with Gasteiger partial charge in [0.15, 0.2) is 5.96 Å². The molecule has 0 amide bonds. The van der Waals surface area contributed by atoms with E-state index in [0.29, 0.717) is 11.9 Å². The van der Waals surface area contributed by atoms with Crippen molar-refractivity contribution in [1.29, 1.82) is 0 Å². The molecule has 2 unspecified atom stereocenters. The van der Waals surface area contributed by atoms with Gasteiger partial charge in [-0.1, -0.05) is 6.07 Å². The molecule has 152 valence electrons. The number of guanidine groups is 1. The number of pyridine rings is 1. The number of hydrogen-bond donors (Lipinski definition) is 1. The molecule has 8 heteroatoms. The standard InChI is InChI=1S/C19H32N6O.HI/c1-4-20-19(22-13-16-14-23(2)11-12-24(16)3)25-10-8-17(15-25)26-18-7-5-6-9-21-18;/h5-7,9,16-17H,4,8,10-15H2,1-3H3,(H,20,22);1H. The van der Waals surface area contributed by atoms with Gasteiger partial charge >= 0.3 is 0 Å². The maximum Gasteiger partial charge on any atom is 0.213 e. The molecule has 3 heterocycles. The summed E-state index contributed by atoms with van der Waals surface area (Å²) in [5.41, 5.74) is 0. The Morgan fingerprint density at radius 1 is 1.26 bits per heavy atom. The first-order valence-corrected chi connectivity index (χ1v) is 9.65. The van der Waals surface area contributed by atoms with Crippen LogP contribution in [-0.2, 0) is 0 Å². The summed E-state index contributed by atoms with van der Waals surface area (Å²) in [6.07, 6.45) is 2.93. The van der Waals surface area contributed by atoms with Crippen LogP contribution >= 0.6 is 24.0 Å². The second kappa shape index (κ2) is 11.0. The maximum absolute atomic E-state index is 6.01. The Hall–Kier alpha value is -1.13. The van der Waals surface area contributed by atoms with Crippen molar-refractivity contribution in [1.82, 2.24) is 25.0 Å². The minimum Gasteiger partial charge on any atom is -0.472 e. The summed E-state index contributed by atoms with van der Waals surface area (Å²) in [6.45, 7) is 8.95. The van der Waals surface area contributed by atoms with Crippen LogP contribution in [0.1, 0.15) is 13.3 Å². The number of nitrogens with one attached hydrogen (secondary N) is 1. The molecule has 0 spiro atoms. The Labute approximate surface area is 180 Å². The van der Waals surface area contributed by atoms with Crippen molar-refractivity contribution in [2.75, 3.05) is 59.9 Å². The lowest BCUT2D eigenvalue weighted by molar-refractivity contribution is 0.119. The molecule has 2 aliphatic heterocycles.